The number of carbonyl (C=O) groups excluding carboxylic acids is 1. The SMILES string of the molecule is O=C(Cc1ccccc1Cl)Nc1ccc(-c2cn[nH]c2)cc1OCCN1CCOCC1. The maximum atomic E-state index is 12.7. The number of benzene rings is 2. The van der Waals surface area contributed by atoms with Gasteiger partial charge >= 0.3 is 0 Å². The van der Waals surface area contributed by atoms with Crippen LogP contribution in [0.15, 0.2) is 54.9 Å². The van der Waals surface area contributed by atoms with Crippen molar-refractivity contribution in [3.63, 3.8) is 0 Å². The van der Waals surface area contributed by atoms with Crippen LogP contribution in [0.4, 0.5) is 5.69 Å². The Morgan fingerprint density at radius 2 is 2.03 bits per heavy atom. The fourth-order valence-corrected chi connectivity index (χ4v) is 3.65. The first-order chi connectivity index (χ1) is 15.2. The molecule has 162 valence electrons. The molecule has 1 aliphatic heterocycles. The summed E-state index contributed by atoms with van der Waals surface area (Å²) < 4.78 is 11.5. The second-order valence-electron chi connectivity index (χ2n) is 7.32. The number of hydrogen-bond donors (Lipinski definition) is 2. The summed E-state index contributed by atoms with van der Waals surface area (Å²) in [6.07, 6.45) is 3.77. The molecule has 1 fully saturated rings. The standard InChI is InChI=1S/C23H25ClN4O3/c24-20-4-2-1-3-18(20)14-23(29)27-21-6-5-17(19-15-25-26-16-19)13-22(21)31-12-9-28-7-10-30-11-8-28/h1-6,13,15-16H,7-12,14H2,(H,25,26)(H,27,29). The van der Waals surface area contributed by atoms with E-state index in [-0.39, 0.29) is 12.3 Å². The average molecular weight is 441 g/mol. The van der Waals surface area contributed by atoms with Crippen LogP contribution in [-0.4, -0.2) is 60.5 Å². The Balaban J connectivity index is 1.47. The summed E-state index contributed by atoms with van der Waals surface area (Å²) in [6.45, 7) is 4.62. The summed E-state index contributed by atoms with van der Waals surface area (Å²) in [5, 5.41) is 10.4. The maximum Gasteiger partial charge on any atom is 0.228 e. The van der Waals surface area contributed by atoms with Crippen molar-refractivity contribution < 1.29 is 14.3 Å². The van der Waals surface area contributed by atoms with E-state index >= 15 is 0 Å². The molecule has 0 radical (unpaired) electrons. The van der Waals surface area contributed by atoms with Crippen LogP contribution in [0.25, 0.3) is 11.1 Å². The third kappa shape index (κ3) is 5.85. The van der Waals surface area contributed by atoms with E-state index in [0.717, 1.165) is 49.5 Å². The van der Waals surface area contributed by atoms with Gasteiger partial charge in [0.15, 0.2) is 0 Å². The first-order valence-corrected chi connectivity index (χ1v) is 10.7. The van der Waals surface area contributed by atoms with Crippen LogP contribution in [0.2, 0.25) is 5.02 Å². The Morgan fingerprint density at radius 3 is 2.81 bits per heavy atom. The van der Waals surface area contributed by atoms with E-state index in [0.29, 0.717) is 23.1 Å². The lowest BCUT2D eigenvalue weighted by Crippen LogP contribution is -2.38. The number of H-pyrrole nitrogens is 1. The van der Waals surface area contributed by atoms with Crippen molar-refractivity contribution in [1.82, 2.24) is 15.1 Å². The molecule has 0 unspecified atom stereocenters. The van der Waals surface area contributed by atoms with Gasteiger partial charge in [0.1, 0.15) is 12.4 Å². The van der Waals surface area contributed by atoms with Gasteiger partial charge < -0.3 is 14.8 Å². The molecular formula is C23H25ClN4O3. The quantitative estimate of drug-likeness (QED) is 0.559. The molecule has 7 nitrogen and oxygen atoms in total. The molecule has 3 aromatic rings. The highest BCUT2D eigenvalue weighted by Crippen LogP contribution is 2.31. The van der Waals surface area contributed by atoms with Crippen molar-refractivity contribution in [1.29, 1.82) is 0 Å². The molecule has 4 rings (SSSR count). The van der Waals surface area contributed by atoms with Crippen LogP contribution < -0.4 is 10.1 Å². The Bertz CT molecular complexity index is 1000. The highest BCUT2D eigenvalue weighted by atomic mass is 35.5. The minimum atomic E-state index is -0.151. The topological polar surface area (TPSA) is 79.5 Å². The van der Waals surface area contributed by atoms with Crippen molar-refractivity contribution in [2.24, 2.45) is 0 Å². The van der Waals surface area contributed by atoms with E-state index in [4.69, 9.17) is 21.1 Å². The van der Waals surface area contributed by atoms with Crippen LogP contribution in [0.5, 0.6) is 5.75 Å². The normalized spacial score (nSPS) is 14.4. The summed E-state index contributed by atoms with van der Waals surface area (Å²) in [5.74, 6) is 0.474. The van der Waals surface area contributed by atoms with Gasteiger partial charge in [-0.3, -0.25) is 14.8 Å². The molecule has 8 heteroatoms. The van der Waals surface area contributed by atoms with Crippen molar-refractivity contribution in [3.05, 3.63) is 65.4 Å². The number of amides is 1. The summed E-state index contributed by atoms with van der Waals surface area (Å²) in [7, 11) is 0. The number of aromatic nitrogens is 2. The maximum absolute atomic E-state index is 12.7. The van der Waals surface area contributed by atoms with Crippen molar-refractivity contribution in [2.45, 2.75) is 6.42 Å². The average Bonchev–Trinajstić information content (AvgIpc) is 3.32. The Kier molecular flexibility index (Phi) is 7.19. The summed E-state index contributed by atoms with van der Waals surface area (Å²) in [4.78, 5) is 15.0. The number of nitrogens with one attached hydrogen (secondary N) is 2. The number of carbonyl (C=O) groups is 1. The molecule has 2 heterocycles. The van der Waals surface area contributed by atoms with E-state index in [9.17, 15) is 4.79 Å². The summed E-state index contributed by atoms with van der Waals surface area (Å²) >= 11 is 6.20. The number of hydrogen-bond acceptors (Lipinski definition) is 5. The lowest BCUT2D eigenvalue weighted by molar-refractivity contribution is -0.115. The molecule has 31 heavy (non-hydrogen) atoms. The van der Waals surface area contributed by atoms with Crippen LogP contribution in [0.1, 0.15) is 5.56 Å². The smallest absolute Gasteiger partial charge is 0.228 e. The van der Waals surface area contributed by atoms with E-state index in [1.165, 1.54) is 0 Å². The van der Waals surface area contributed by atoms with Crippen molar-refractivity contribution in [3.8, 4) is 16.9 Å². The number of halogens is 1. The fourth-order valence-electron chi connectivity index (χ4n) is 3.45. The molecule has 0 spiro atoms. The van der Waals surface area contributed by atoms with Crippen LogP contribution in [0.3, 0.4) is 0 Å². The molecule has 1 amide bonds. The molecular weight excluding hydrogens is 416 g/mol. The minimum absolute atomic E-state index is 0.151. The van der Waals surface area contributed by atoms with E-state index < -0.39 is 0 Å². The number of rotatable bonds is 8. The predicted octanol–water partition coefficient (Wildman–Crippen LogP) is 3.62. The number of nitrogens with zero attached hydrogens (tertiary/aromatic N) is 2. The molecule has 2 aromatic carbocycles. The number of aromatic amines is 1. The molecule has 1 aromatic heterocycles. The zero-order valence-electron chi connectivity index (χ0n) is 17.1. The summed E-state index contributed by atoms with van der Waals surface area (Å²) in [5.41, 5.74) is 3.32. The Hall–Kier alpha value is -2.87. The zero-order valence-corrected chi connectivity index (χ0v) is 17.9. The fraction of sp³-hybridized carbons (Fsp3) is 0.304. The van der Waals surface area contributed by atoms with Crippen LogP contribution >= 0.6 is 11.6 Å². The lowest BCUT2D eigenvalue weighted by Gasteiger charge is -2.26. The van der Waals surface area contributed by atoms with E-state index in [1.54, 1.807) is 12.3 Å². The van der Waals surface area contributed by atoms with Gasteiger partial charge in [-0.05, 0) is 29.3 Å². The second-order valence-corrected chi connectivity index (χ2v) is 7.72. The van der Waals surface area contributed by atoms with Gasteiger partial charge in [-0.2, -0.15) is 5.10 Å². The molecule has 0 aliphatic carbocycles. The highest BCUT2D eigenvalue weighted by Gasteiger charge is 2.14. The van der Waals surface area contributed by atoms with Crippen LogP contribution in [0, 0.1) is 0 Å². The second kappa shape index (κ2) is 10.4. The first-order valence-electron chi connectivity index (χ1n) is 10.3. The summed E-state index contributed by atoms with van der Waals surface area (Å²) in [6, 6.07) is 13.1. The Labute approximate surface area is 186 Å². The molecule has 0 saturated carbocycles. The van der Waals surface area contributed by atoms with Gasteiger partial charge in [-0.1, -0.05) is 35.9 Å². The van der Waals surface area contributed by atoms with Gasteiger partial charge in [0, 0.05) is 36.4 Å². The van der Waals surface area contributed by atoms with Gasteiger partial charge in [0.2, 0.25) is 5.91 Å². The van der Waals surface area contributed by atoms with Gasteiger partial charge in [0.05, 0.1) is 31.5 Å². The van der Waals surface area contributed by atoms with Gasteiger partial charge in [0.25, 0.3) is 0 Å². The number of morpholine rings is 1. The Morgan fingerprint density at radius 1 is 1.19 bits per heavy atom. The molecule has 1 saturated heterocycles. The van der Waals surface area contributed by atoms with Gasteiger partial charge in [-0.15, -0.1) is 0 Å². The van der Waals surface area contributed by atoms with E-state index in [1.807, 2.05) is 42.6 Å². The first kappa shape index (κ1) is 21.4. The minimum Gasteiger partial charge on any atom is -0.490 e. The van der Waals surface area contributed by atoms with E-state index in [2.05, 4.69) is 20.4 Å². The lowest BCUT2D eigenvalue weighted by atomic mass is 10.1. The third-order valence-electron chi connectivity index (χ3n) is 5.16. The monoisotopic (exact) mass is 440 g/mol. The van der Waals surface area contributed by atoms with Crippen molar-refractivity contribution >= 4 is 23.2 Å². The number of anilines is 1. The molecule has 0 bridgehead atoms. The predicted molar refractivity (Wildman–Crippen MR) is 121 cm³/mol. The number of ether oxygens (including phenoxy) is 2. The van der Waals surface area contributed by atoms with Crippen molar-refractivity contribution in [2.75, 3.05) is 44.8 Å². The van der Waals surface area contributed by atoms with Gasteiger partial charge in [-0.25, -0.2) is 0 Å². The third-order valence-corrected chi connectivity index (χ3v) is 5.53. The zero-order chi connectivity index (χ0) is 21.5. The molecule has 1 aliphatic rings. The molecule has 0 atom stereocenters. The molecule has 2 N–H and O–H groups in total. The largest absolute Gasteiger partial charge is 0.490 e. The highest BCUT2D eigenvalue weighted by molar-refractivity contribution is 6.31. The van der Waals surface area contributed by atoms with Crippen LogP contribution in [-0.2, 0) is 16.0 Å².